The number of halogens is 1. The van der Waals surface area contributed by atoms with E-state index < -0.39 is 0 Å². The van der Waals surface area contributed by atoms with Crippen LogP contribution in [-0.2, 0) is 6.54 Å². The lowest BCUT2D eigenvalue weighted by Crippen LogP contribution is -2.30. The van der Waals surface area contributed by atoms with Gasteiger partial charge in [0.1, 0.15) is 0 Å². The molecule has 0 atom stereocenters. The Balaban J connectivity index is 1.96. The third-order valence-corrected chi connectivity index (χ3v) is 3.53. The van der Waals surface area contributed by atoms with Crippen LogP contribution in [0.5, 0.6) is 0 Å². The number of rotatable bonds is 4. The van der Waals surface area contributed by atoms with Crippen LogP contribution < -0.4 is 10.2 Å². The van der Waals surface area contributed by atoms with Crippen molar-refractivity contribution in [1.82, 2.24) is 4.90 Å². The van der Waals surface area contributed by atoms with E-state index in [0.717, 1.165) is 11.3 Å². The molecule has 0 bridgehead atoms. The largest absolute Gasteiger partial charge is 0.378 e. The minimum Gasteiger partial charge on any atom is -0.378 e. The van der Waals surface area contributed by atoms with Crippen LogP contribution in [-0.4, -0.2) is 32.1 Å². The third-order valence-electron chi connectivity index (χ3n) is 3.30. The maximum Gasteiger partial charge on any atom is 0.321 e. The van der Waals surface area contributed by atoms with Crippen molar-refractivity contribution < 1.29 is 4.79 Å². The van der Waals surface area contributed by atoms with Crippen LogP contribution in [0.15, 0.2) is 48.5 Å². The summed E-state index contributed by atoms with van der Waals surface area (Å²) in [5, 5.41) is 3.42. The fraction of sp³-hybridized carbons (Fsp3) is 0.235. The van der Waals surface area contributed by atoms with Gasteiger partial charge in [0, 0.05) is 44.1 Å². The summed E-state index contributed by atoms with van der Waals surface area (Å²) >= 11 is 5.91. The van der Waals surface area contributed by atoms with E-state index in [-0.39, 0.29) is 6.03 Å². The number of amides is 2. The van der Waals surface area contributed by atoms with Gasteiger partial charge in [-0.25, -0.2) is 4.79 Å². The molecule has 0 unspecified atom stereocenters. The van der Waals surface area contributed by atoms with Gasteiger partial charge in [-0.15, -0.1) is 0 Å². The smallest absolute Gasteiger partial charge is 0.321 e. The van der Waals surface area contributed by atoms with Crippen molar-refractivity contribution in [3.63, 3.8) is 0 Å². The molecule has 1 N–H and O–H groups in total. The average Bonchev–Trinajstić information content (AvgIpc) is 2.47. The highest BCUT2D eigenvalue weighted by atomic mass is 35.5. The Morgan fingerprint density at radius 1 is 1.09 bits per heavy atom. The SMILES string of the molecule is CN(Cc1ccc(N(C)C)cc1)C(=O)Nc1cccc(Cl)c1. The lowest BCUT2D eigenvalue weighted by atomic mass is 10.2. The average molecular weight is 318 g/mol. The molecule has 2 amide bonds. The van der Waals surface area contributed by atoms with E-state index in [1.165, 1.54) is 0 Å². The molecular weight excluding hydrogens is 298 g/mol. The van der Waals surface area contributed by atoms with Gasteiger partial charge in [0.15, 0.2) is 0 Å². The summed E-state index contributed by atoms with van der Waals surface area (Å²) < 4.78 is 0. The van der Waals surface area contributed by atoms with Crippen molar-refractivity contribution in [2.75, 3.05) is 31.4 Å². The number of nitrogens with zero attached hydrogens (tertiary/aromatic N) is 2. The number of hydrogen-bond acceptors (Lipinski definition) is 2. The summed E-state index contributed by atoms with van der Waals surface area (Å²) in [6, 6.07) is 15.1. The fourth-order valence-electron chi connectivity index (χ4n) is 2.03. The lowest BCUT2D eigenvalue weighted by Gasteiger charge is -2.19. The first-order chi connectivity index (χ1) is 10.5. The van der Waals surface area contributed by atoms with E-state index in [4.69, 9.17) is 11.6 Å². The van der Waals surface area contributed by atoms with Crippen molar-refractivity contribution in [3.05, 3.63) is 59.1 Å². The molecule has 0 aliphatic heterocycles. The standard InChI is InChI=1S/C17H20ClN3O/c1-20(2)16-9-7-13(8-10-16)12-21(3)17(22)19-15-6-4-5-14(18)11-15/h4-11H,12H2,1-3H3,(H,19,22). The number of hydrogen-bond donors (Lipinski definition) is 1. The zero-order valence-corrected chi connectivity index (χ0v) is 13.8. The van der Waals surface area contributed by atoms with Crippen LogP contribution in [0.4, 0.5) is 16.2 Å². The molecule has 0 saturated carbocycles. The molecule has 2 aromatic rings. The summed E-state index contributed by atoms with van der Waals surface area (Å²) in [7, 11) is 5.76. The summed E-state index contributed by atoms with van der Waals surface area (Å²) in [6.07, 6.45) is 0. The van der Waals surface area contributed by atoms with E-state index in [1.54, 1.807) is 30.1 Å². The highest BCUT2D eigenvalue weighted by Gasteiger charge is 2.09. The number of carbonyl (C=O) groups excluding carboxylic acids is 1. The molecule has 116 valence electrons. The molecule has 4 nitrogen and oxygen atoms in total. The fourth-order valence-corrected chi connectivity index (χ4v) is 2.22. The first-order valence-electron chi connectivity index (χ1n) is 6.99. The molecule has 0 aromatic heterocycles. The predicted molar refractivity (Wildman–Crippen MR) is 92.7 cm³/mol. The Kier molecular flexibility index (Phi) is 5.28. The second-order valence-corrected chi connectivity index (χ2v) is 5.79. The summed E-state index contributed by atoms with van der Waals surface area (Å²) in [5.74, 6) is 0. The highest BCUT2D eigenvalue weighted by molar-refractivity contribution is 6.30. The molecule has 0 aliphatic carbocycles. The molecular formula is C17H20ClN3O. The summed E-state index contributed by atoms with van der Waals surface area (Å²) in [4.78, 5) is 15.8. The van der Waals surface area contributed by atoms with Crippen LogP contribution in [0.25, 0.3) is 0 Å². The van der Waals surface area contributed by atoms with Crippen molar-refractivity contribution >= 4 is 29.0 Å². The number of anilines is 2. The second kappa shape index (κ2) is 7.18. The number of carbonyl (C=O) groups is 1. The molecule has 0 aliphatic rings. The van der Waals surface area contributed by atoms with Crippen molar-refractivity contribution in [2.24, 2.45) is 0 Å². The van der Waals surface area contributed by atoms with Gasteiger partial charge in [-0.2, -0.15) is 0 Å². The van der Waals surface area contributed by atoms with E-state index in [1.807, 2.05) is 49.3 Å². The molecule has 2 aromatic carbocycles. The van der Waals surface area contributed by atoms with Crippen LogP contribution in [0.2, 0.25) is 5.02 Å². The molecule has 0 heterocycles. The summed E-state index contributed by atoms with van der Waals surface area (Å²) in [6.45, 7) is 0.542. The predicted octanol–water partition coefficient (Wildman–Crippen LogP) is 4.07. The molecule has 0 saturated heterocycles. The van der Waals surface area contributed by atoms with Crippen molar-refractivity contribution in [1.29, 1.82) is 0 Å². The van der Waals surface area contributed by atoms with E-state index in [2.05, 4.69) is 5.32 Å². The van der Waals surface area contributed by atoms with Gasteiger partial charge >= 0.3 is 6.03 Å². The van der Waals surface area contributed by atoms with Crippen molar-refractivity contribution in [3.8, 4) is 0 Å². The van der Waals surface area contributed by atoms with Gasteiger partial charge in [-0.05, 0) is 35.9 Å². The minimum absolute atomic E-state index is 0.168. The zero-order chi connectivity index (χ0) is 16.1. The Hall–Kier alpha value is -2.20. The maximum absolute atomic E-state index is 12.2. The normalized spacial score (nSPS) is 10.2. The minimum atomic E-state index is -0.168. The monoisotopic (exact) mass is 317 g/mol. The second-order valence-electron chi connectivity index (χ2n) is 5.36. The third kappa shape index (κ3) is 4.40. The van der Waals surface area contributed by atoms with Crippen molar-refractivity contribution in [2.45, 2.75) is 6.54 Å². The molecule has 0 spiro atoms. The van der Waals surface area contributed by atoms with Gasteiger partial charge < -0.3 is 15.1 Å². The molecule has 22 heavy (non-hydrogen) atoms. The van der Waals surface area contributed by atoms with Gasteiger partial charge in [0.2, 0.25) is 0 Å². The Morgan fingerprint density at radius 3 is 2.36 bits per heavy atom. The maximum atomic E-state index is 12.2. The van der Waals surface area contributed by atoms with Crippen LogP contribution in [0.3, 0.4) is 0 Å². The van der Waals surface area contributed by atoms with E-state index in [9.17, 15) is 4.79 Å². The Labute approximate surface area is 136 Å². The Bertz CT molecular complexity index is 641. The van der Waals surface area contributed by atoms with Crippen LogP contribution in [0.1, 0.15) is 5.56 Å². The van der Waals surface area contributed by atoms with Crippen LogP contribution >= 0.6 is 11.6 Å². The van der Waals surface area contributed by atoms with E-state index >= 15 is 0 Å². The molecule has 0 fully saturated rings. The highest BCUT2D eigenvalue weighted by Crippen LogP contribution is 2.16. The van der Waals surface area contributed by atoms with Gasteiger partial charge in [-0.1, -0.05) is 29.8 Å². The zero-order valence-electron chi connectivity index (χ0n) is 13.0. The van der Waals surface area contributed by atoms with Gasteiger partial charge in [0.25, 0.3) is 0 Å². The Morgan fingerprint density at radius 2 is 1.77 bits per heavy atom. The van der Waals surface area contributed by atoms with Gasteiger partial charge in [-0.3, -0.25) is 0 Å². The number of urea groups is 1. The van der Waals surface area contributed by atoms with E-state index in [0.29, 0.717) is 17.3 Å². The molecule has 0 radical (unpaired) electrons. The first-order valence-corrected chi connectivity index (χ1v) is 7.37. The first kappa shape index (κ1) is 16.2. The van der Waals surface area contributed by atoms with Crippen LogP contribution in [0, 0.1) is 0 Å². The van der Waals surface area contributed by atoms with Gasteiger partial charge in [0.05, 0.1) is 0 Å². The lowest BCUT2D eigenvalue weighted by molar-refractivity contribution is 0.220. The topological polar surface area (TPSA) is 35.6 Å². The number of nitrogens with one attached hydrogen (secondary N) is 1. The quantitative estimate of drug-likeness (QED) is 0.922. The number of benzene rings is 2. The molecule has 5 heteroatoms. The molecule has 2 rings (SSSR count). The summed E-state index contributed by atoms with van der Waals surface area (Å²) in [5.41, 5.74) is 2.90.